The molecule has 40 heavy (non-hydrogen) atoms. The van der Waals surface area contributed by atoms with Gasteiger partial charge in [-0.15, -0.1) is 0 Å². The molecule has 3 aromatic rings. The number of carbonyl (C=O) groups is 3. The molecule has 210 valence electrons. The van der Waals surface area contributed by atoms with Crippen LogP contribution in [0.5, 0.6) is 11.5 Å². The van der Waals surface area contributed by atoms with Gasteiger partial charge in [0.2, 0.25) is 0 Å². The molecule has 0 bridgehead atoms. The van der Waals surface area contributed by atoms with Gasteiger partial charge < -0.3 is 20.1 Å². The first-order valence-corrected chi connectivity index (χ1v) is 12.8. The molecule has 0 saturated heterocycles. The second-order valence-corrected chi connectivity index (χ2v) is 9.60. The topological polar surface area (TPSA) is 118 Å². The highest BCUT2D eigenvalue weighted by atomic mass is 35.5. The summed E-state index contributed by atoms with van der Waals surface area (Å²) in [5, 5.41) is 9.62. The molecule has 9 nitrogen and oxygen atoms in total. The summed E-state index contributed by atoms with van der Waals surface area (Å²) in [7, 11) is 1.42. The predicted molar refractivity (Wildman–Crippen MR) is 152 cm³/mol. The molecule has 1 unspecified atom stereocenters. The molecule has 0 aliphatic rings. The third kappa shape index (κ3) is 8.42. The number of rotatable bonds is 11. The molecular weight excluding hydrogens is 562 g/mol. The quantitative estimate of drug-likeness (QED) is 0.214. The number of benzene rings is 3. The van der Waals surface area contributed by atoms with Crippen molar-refractivity contribution in [3.8, 4) is 11.5 Å². The number of nitrogens with zero attached hydrogens (tertiary/aromatic N) is 1. The van der Waals surface area contributed by atoms with Gasteiger partial charge in [0.05, 0.1) is 29.1 Å². The van der Waals surface area contributed by atoms with Gasteiger partial charge in [0.15, 0.2) is 18.1 Å². The Hall–Kier alpha value is -4.15. The standard InChI is InChI=1S/C28H27Cl2FN4O5/c1-16(2)26(34-27(37)18-9-10-19(29)20(30)13-18)28(38)35-32-14-17-8-11-23(24(12-17)39-3)40-15-25(36)33-22-7-5-4-6-21(22)31/h4-14,16,26H,15H2,1-3H3,(H,33,36)(H,34,37)(H,35,38). The second-order valence-electron chi connectivity index (χ2n) is 8.79. The van der Waals surface area contributed by atoms with Crippen LogP contribution in [0.4, 0.5) is 10.1 Å². The number of hydrogen-bond donors (Lipinski definition) is 3. The van der Waals surface area contributed by atoms with E-state index in [0.717, 1.165) is 0 Å². The van der Waals surface area contributed by atoms with Gasteiger partial charge in [-0.25, -0.2) is 9.82 Å². The number of anilines is 1. The molecule has 3 aromatic carbocycles. The highest BCUT2D eigenvalue weighted by Gasteiger charge is 2.25. The summed E-state index contributed by atoms with van der Waals surface area (Å²) in [5.41, 5.74) is 3.29. The van der Waals surface area contributed by atoms with Crippen LogP contribution >= 0.6 is 23.2 Å². The summed E-state index contributed by atoms with van der Waals surface area (Å²) in [4.78, 5) is 37.5. The van der Waals surface area contributed by atoms with E-state index in [-0.39, 0.29) is 34.5 Å². The number of methoxy groups -OCH3 is 1. The molecule has 3 amide bonds. The number of nitrogens with one attached hydrogen (secondary N) is 3. The van der Waals surface area contributed by atoms with Gasteiger partial charge in [-0.05, 0) is 60.0 Å². The van der Waals surface area contributed by atoms with Crippen molar-refractivity contribution in [2.24, 2.45) is 11.0 Å². The molecule has 0 aliphatic carbocycles. The Labute approximate surface area is 240 Å². The predicted octanol–water partition coefficient (Wildman–Crippen LogP) is 5.06. The summed E-state index contributed by atoms with van der Waals surface area (Å²) in [6.45, 7) is 3.19. The van der Waals surface area contributed by atoms with E-state index in [9.17, 15) is 18.8 Å². The maximum Gasteiger partial charge on any atom is 0.262 e. The Bertz CT molecular complexity index is 1420. The Balaban J connectivity index is 1.58. The number of hydrogen-bond acceptors (Lipinski definition) is 6. The summed E-state index contributed by atoms with van der Waals surface area (Å²) >= 11 is 11.9. The van der Waals surface area contributed by atoms with Crippen molar-refractivity contribution in [2.75, 3.05) is 19.0 Å². The van der Waals surface area contributed by atoms with Crippen molar-refractivity contribution in [1.29, 1.82) is 0 Å². The van der Waals surface area contributed by atoms with Gasteiger partial charge in [0.25, 0.3) is 17.7 Å². The molecule has 3 N–H and O–H groups in total. The minimum Gasteiger partial charge on any atom is -0.493 e. The molecular formula is C28H27Cl2FN4O5. The monoisotopic (exact) mass is 588 g/mol. The lowest BCUT2D eigenvalue weighted by Gasteiger charge is -2.20. The highest BCUT2D eigenvalue weighted by molar-refractivity contribution is 6.42. The summed E-state index contributed by atoms with van der Waals surface area (Å²) in [6, 6.07) is 14.1. The number of para-hydroxylation sites is 1. The molecule has 0 spiro atoms. The normalized spacial score (nSPS) is 11.7. The van der Waals surface area contributed by atoms with E-state index in [4.69, 9.17) is 32.7 Å². The van der Waals surface area contributed by atoms with Gasteiger partial charge in [-0.3, -0.25) is 14.4 Å². The fourth-order valence-corrected chi connectivity index (χ4v) is 3.71. The van der Waals surface area contributed by atoms with Crippen molar-refractivity contribution >= 4 is 52.8 Å². The number of amides is 3. The highest BCUT2D eigenvalue weighted by Crippen LogP contribution is 2.28. The van der Waals surface area contributed by atoms with E-state index >= 15 is 0 Å². The van der Waals surface area contributed by atoms with Crippen molar-refractivity contribution in [3.63, 3.8) is 0 Å². The van der Waals surface area contributed by atoms with Gasteiger partial charge in [-0.2, -0.15) is 5.10 Å². The van der Waals surface area contributed by atoms with Gasteiger partial charge in [0, 0.05) is 5.56 Å². The average molecular weight is 589 g/mol. The van der Waals surface area contributed by atoms with Crippen LogP contribution in [0.1, 0.15) is 29.8 Å². The third-order valence-electron chi connectivity index (χ3n) is 5.50. The fourth-order valence-electron chi connectivity index (χ4n) is 3.41. The van der Waals surface area contributed by atoms with E-state index in [2.05, 4.69) is 21.2 Å². The lowest BCUT2D eigenvalue weighted by atomic mass is 10.0. The number of halogens is 3. The van der Waals surface area contributed by atoms with Crippen molar-refractivity contribution < 1.29 is 28.2 Å². The van der Waals surface area contributed by atoms with Gasteiger partial charge in [0.1, 0.15) is 11.9 Å². The van der Waals surface area contributed by atoms with Crippen molar-refractivity contribution in [2.45, 2.75) is 19.9 Å². The zero-order valence-corrected chi connectivity index (χ0v) is 23.3. The van der Waals surface area contributed by atoms with Crippen molar-refractivity contribution in [1.82, 2.24) is 10.7 Å². The first kappa shape index (κ1) is 30.4. The molecule has 0 radical (unpaired) electrons. The van der Waals surface area contributed by atoms with Crippen LogP contribution < -0.4 is 25.5 Å². The Morgan fingerprint density at radius 1 is 1.00 bits per heavy atom. The first-order chi connectivity index (χ1) is 19.1. The van der Waals surface area contributed by atoms with Crippen LogP contribution in [0, 0.1) is 11.7 Å². The molecule has 0 saturated carbocycles. The molecule has 1 atom stereocenters. The van der Waals surface area contributed by atoms with E-state index < -0.39 is 29.6 Å². The van der Waals surface area contributed by atoms with Crippen LogP contribution in [0.3, 0.4) is 0 Å². The van der Waals surface area contributed by atoms with Gasteiger partial charge in [-0.1, -0.05) is 49.2 Å². The molecule has 0 aromatic heterocycles. The minimum atomic E-state index is -0.875. The lowest BCUT2D eigenvalue weighted by molar-refractivity contribution is -0.124. The summed E-state index contributed by atoms with van der Waals surface area (Å²) in [5.74, 6) is -1.77. The van der Waals surface area contributed by atoms with Crippen molar-refractivity contribution in [3.05, 3.63) is 87.7 Å². The first-order valence-electron chi connectivity index (χ1n) is 12.0. The summed E-state index contributed by atoms with van der Waals surface area (Å²) in [6.07, 6.45) is 1.38. The molecule has 3 rings (SSSR count). The van der Waals surface area contributed by atoms with Crippen LogP contribution in [-0.4, -0.2) is 43.7 Å². The van der Waals surface area contributed by atoms with E-state index in [1.165, 1.54) is 49.7 Å². The SMILES string of the molecule is COc1cc(C=NNC(=O)C(NC(=O)c2ccc(Cl)c(Cl)c2)C(C)C)ccc1OCC(=O)Nc1ccccc1F. The van der Waals surface area contributed by atoms with E-state index in [1.807, 2.05) is 0 Å². The zero-order chi connectivity index (χ0) is 29.2. The maximum atomic E-state index is 13.7. The van der Waals surface area contributed by atoms with Crippen LogP contribution in [0.25, 0.3) is 0 Å². The van der Waals surface area contributed by atoms with Crippen LogP contribution in [0.15, 0.2) is 65.8 Å². The zero-order valence-electron chi connectivity index (χ0n) is 21.8. The second kappa shape index (κ2) is 14.3. The van der Waals surface area contributed by atoms with E-state index in [0.29, 0.717) is 16.3 Å². The number of carbonyl (C=O) groups excluding carboxylic acids is 3. The Morgan fingerprint density at radius 3 is 2.42 bits per heavy atom. The minimum absolute atomic E-state index is 0.0466. The number of ether oxygens (including phenoxy) is 2. The average Bonchev–Trinajstić information content (AvgIpc) is 2.93. The van der Waals surface area contributed by atoms with E-state index in [1.54, 1.807) is 38.1 Å². The largest absolute Gasteiger partial charge is 0.493 e. The van der Waals surface area contributed by atoms with Crippen LogP contribution in [-0.2, 0) is 9.59 Å². The Kier molecular flexibility index (Phi) is 10.9. The smallest absolute Gasteiger partial charge is 0.262 e. The molecule has 0 heterocycles. The fraction of sp³-hybridized carbons (Fsp3) is 0.214. The maximum absolute atomic E-state index is 13.7. The molecule has 0 fully saturated rings. The Morgan fingerprint density at radius 2 is 1.75 bits per heavy atom. The lowest BCUT2D eigenvalue weighted by Crippen LogP contribution is -2.48. The molecule has 0 aliphatic heterocycles. The number of hydrazone groups is 1. The molecule has 12 heteroatoms. The third-order valence-corrected chi connectivity index (χ3v) is 6.24. The van der Waals surface area contributed by atoms with Crippen LogP contribution in [0.2, 0.25) is 10.0 Å². The van der Waals surface area contributed by atoms with Gasteiger partial charge >= 0.3 is 0 Å². The summed E-state index contributed by atoms with van der Waals surface area (Å²) < 4.78 is 24.6.